The number of hydrogen-bond acceptors (Lipinski definition) is 3. The SMILES string of the molecule is CN=C(NCc1nc2ccc(C)cc2[nH]1)N1CCN(C(C)C(F)(F)F)CC1. The first-order chi connectivity index (χ1) is 12.8. The van der Waals surface area contributed by atoms with Crippen molar-refractivity contribution in [2.24, 2.45) is 4.99 Å². The average molecular weight is 382 g/mol. The van der Waals surface area contributed by atoms with Gasteiger partial charge in [0, 0.05) is 33.2 Å². The van der Waals surface area contributed by atoms with Crippen molar-refractivity contribution in [2.45, 2.75) is 32.6 Å². The van der Waals surface area contributed by atoms with Gasteiger partial charge < -0.3 is 15.2 Å². The number of aliphatic imine (C=N–C) groups is 1. The van der Waals surface area contributed by atoms with E-state index in [-0.39, 0.29) is 0 Å². The molecule has 2 aromatic rings. The molecule has 1 aliphatic rings. The van der Waals surface area contributed by atoms with E-state index in [4.69, 9.17) is 0 Å². The van der Waals surface area contributed by atoms with Crippen molar-refractivity contribution in [1.82, 2.24) is 25.1 Å². The van der Waals surface area contributed by atoms with Crippen molar-refractivity contribution in [3.8, 4) is 0 Å². The van der Waals surface area contributed by atoms with Gasteiger partial charge >= 0.3 is 6.18 Å². The van der Waals surface area contributed by atoms with Crippen LogP contribution < -0.4 is 5.32 Å². The largest absolute Gasteiger partial charge is 0.403 e. The maximum atomic E-state index is 12.9. The average Bonchev–Trinajstić information content (AvgIpc) is 3.03. The van der Waals surface area contributed by atoms with Crippen LogP contribution in [0.5, 0.6) is 0 Å². The summed E-state index contributed by atoms with van der Waals surface area (Å²) < 4.78 is 38.6. The molecule has 0 aliphatic carbocycles. The molecule has 1 saturated heterocycles. The molecule has 2 heterocycles. The molecule has 0 spiro atoms. The predicted octanol–water partition coefficient (Wildman–Crippen LogP) is 2.52. The molecule has 27 heavy (non-hydrogen) atoms. The molecule has 1 atom stereocenters. The number of alkyl halides is 3. The van der Waals surface area contributed by atoms with Gasteiger partial charge in [-0.25, -0.2) is 4.98 Å². The molecule has 1 aromatic carbocycles. The molecular weight excluding hydrogens is 357 g/mol. The fourth-order valence-corrected chi connectivity index (χ4v) is 3.28. The summed E-state index contributed by atoms with van der Waals surface area (Å²) in [5, 5.41) is 3.25. The van der Waals surface area contributed by atoms with E-state index in [0.717, 1.165) is 22.4 Å². The molecule has 0 bridgehead atoms. The quantitative estimate of drug-likeness (QED) is 0.633. The Morgan fingerprint density at radius 1 is 1.30 bits per heavy atom. The van der Waals surface area contributed by atoms with Crippen molar-refractivity contribution < 1.29 is 13.2 Å². The van der Waals surface area contributed by atoms with Crippen molar-refractivity contribution in [3.63, 3.8) is 0 Å². The molecule has 9 heteroatoms. The van der Waals surface area contributed by atoms with Crippen LogP contribution in [0, 0.1) is 6.92 Å². The second-order valence-electron chi connectivity index (χ2n) is 6.85. The summed E-state index contributed by atoms with van der Waals surface area (Å²) in [7, 11) is 1.68. The van der Waals surface area contributed by atoms with Crippen molar-refractivity contribution in [2.75, 3.05) is 33.2 Å². The van der Waals surface area contributed by atoms with E-state index in [1.807, 2.05) is 30.0 Å². The Kier molecular flexibility index (Phi) is 5.59. The van der Waals surface area contributed by atoms with Crippen molar-refractivity contribution in [3.05, 3.63) is 29.6 Å². The molecule has 2 N–H and O–H groups in total. The zero-order valence-electron chi connectivity index (χ0n) is 15.8. The number of nitrogens with zero attached hydrogens (tertiary/aromatic N) is 4. The van der Waals surface area contributed by atoms with E-state index in [9.17, 15) is 13.2 Å². The third kappa shape index (κ3) is 4.52. The molecule has 0 radical (unpaired) electrons. The Bertz CT molecular complexity index is 805. The summed E-state index contributed by atoms with van der Waals surface area (Å²) in [5.41, 5.74) is 3.05. The van der Waals surface area contributed by atoms with Gasteiger partial charge in [0.1, 0.15) is 11.9 Å². The van der Waals surface area contributed by atoms with Gasteiger partial charge in [0.15, 0.2) is 5.96 Å². The normalized spacial score (nSPS) is 18.1. The fraction of sp³-hybridized carbons (Fsp3) is 0.556. The second kappa shape index (κ2) is 7.75. The van der Waals surface area contributed by atoms with Crippen LogP contribution in [-0.4, -0.2) is 71.2 Å². The molecule has 1 aromatic heterocycles. The first-order valence-corrected chi connectivity index (χ1v) is 8.99. The summed E-state index contributed by atoms with van der Waals surface area (Å²) in [6, 6.07) is 4.61. The third-order valence-corrected chi connectivity index (χ3v) is 4.95. The predicted molar refractivity (Wildman–Crippen MR) is 99.7 cm³/mol. The van der Waals surface area contributed by atoms with Gasteiger partial charge in [0.05, 0.1) is 17.6 Å². The Morgan fingerprint density at radius 2 is 2.00 bits per heavy atom. The first-order valence-electron chi connectivity index (χ1n) is 8.99. The molecule has 148 valence electrons. The van der Waals surface area contributed by atoms with Gasteiger partial charge in [0.2, 0.25) is 0 Å². The van der Waals surface area contributed by atoms with Crippen LogP contribution in [0.15, 0.2) is 23.2 Å². The number of fused-ring (bicyclic) bond motifs is 1. The van der Waals surface area contributed by atoms with E-state index in [1.165, 1.54) is 11.8 Å². The summed E-state index contributed by atoms with van der Waals surface area (Å²) >= 11 is 0. The van der Waals surface area contributed by atoms with Gasteiger partial charge in [0.25, 0.3) is 0 Å². The Balaban J connectivity index is 1.56. The second-order valence-corrected chi connectivity index (χ2v) is 6.85. The van der Waals surface area contributed by atoms with Gasteiger partial charge in [-0.15, -0.1) is 0 Å². The minimum absolute atomic E-state index is 0.352. The third-order valence-electron chi connectivity index (χ3n) is 4.95. The maximum Gasteiger partial charge on any atom is 0.403 e. The van der Waals surface area contributed by atoms with E-state index < -0.39 is 12.2 Å². The minimum Gasteiger partial charge on any atom is -0.349 e. The highest BCUT2D eigenvalue weighted by Crippen LogP contribution is 2.25. The zero-order valence-corrected chi connectivity index (χ0v) is 15.8. The number of aryl methyl sites for hydroxylation is 1. The standard InChI is InChI=1S/C18H25F3N6/c1-12-4-5-14-15(10-12)25-16(24-14)11-23-17(22-3)27-8-6-26(7-9-27)13(2)18(19,20)21/h4-5,10,13H,6-9,11H2,1-3H3,(H,22,23)(H,24,25). The molecule has 3 rings (SSSR count). The number of guanidine groups is 1. The number of imidazole rings is 1. The van der Waals surface area contributed by atoms with Crippen molar-refractivity contribution in [1.29, 1.82) is 0 Å². The smallest absolute Gasteiger partial charge is 0.349 e. The zero-order chi connectivity index (χ0) is 19.6. The Labute approximate surface area is 156 Å². The monoisotopic (exact) mass is 382 g/mol. The fourth-order valence-electron chi connectivity index (χ4n) is 3.28. The number of nitrogens with one attached hydrogen (secondary N) is 2. The lowest BCUT2D eigenvalue weighted by Gasteiger charge is -2.39. The molecule has 0 amide bonds. The number of hydrogen-bond donors (Lipinski definition) is 2. The Morgan fingerprint density at radius 3 is 2.63 bits per heavy atom. The van der Waals surface area contributed by atoms with Gasteiger partial charge in [-0.05, 0) is 31.5 Å². The van der Waals surface area contributed by atoms with E-state index in [0.29, 0.717) is 38.7 Å². The number of benzene rings is 1. The van der Waals surface area contributed by atoms with Crippen LogP contribution in [0.25, 0.3) is 11.0 Å². The summed E-state index contributed by atoms with van der Waals surface area (Å²) in [4.78, 5) is 15.5. The molecule has 6 nitrogen and oxygen atoms in total. The van der Waals surface area contributed by atoms with E-state index >= 15 is 0 Å². The molecule has 1 fully saturated rings. The maximum absolute atomic E-state index is 12.9. The lowest BCUT2D eigenvalue weighted by Crippen LogP contribution is -2.56. The highest BCUT2D eigenvalue weighted by molar-refractivity contribution is 5.80. The molecular formula is C18H25F3N6. The molecule has 0 saturated carbocycles. The van der Waals surface area contributed by atoms with Gasteiger partial charge in [-0.3, -0.25) is 9.89 Å². The lowest BCUT2D eigenvalue weighted by molar-refractivity contribution is -0.181. The van der Waals surface area contributed by atoms with E-state index in [2.05, 4.69) is 20.3 Å². The van der Waals surface area contributed by atoms with Gasteiger partial charge in [-0.1, -0.05) is 6.07 Å². The first kappa shape index (κ1) is 19.5. The number of rotatable bonds is 3. The van der Waals surface area contributed by atoms with Crippen LogP contribution in [-0.2, 0) is 6.54 Å². The van der Waals surface area contributed by atoms with Crippen LogP contribution in [0.1, 0.15) is 18.3 Å². The Hall–Kier alpha value is -2.29. The number of piperazine rings is 1. The number of aromatic nitrogens is 2. The highest BCUT2D eigenvalue weighted by Gasteiger charge is 2.41. The van der Waals surface area contributed by atoms with Crippen LogP contribution >= 0.6 is 0 Å². The van der Waals surface area contributed by atoms with Crippen LogP contribution in [0.4, 0.5) is 13.2 Å². The highest BCUT2D eigenvalue weighted by atomic mass is 19.4. The van der Waals surface area contributed by atoms with Crippen LogP contribution in [0.3, 0.4) is 0 Å². The van der Waals surface area contributed by atoms with E-state index in [1.54, 1.807) is 7.05 Å². The minimum atomic E-state index is -4.19. The summed E-state index contributed by atoms with van der Waals surface area (Å²) in [6.45, 7) is 5.42. The summed E-state index contributed by atoms with van der Waals surface area (Å²) in [6.07, 6.45) is -4.19. The van der Waals surface area contributed by atoms with Gasteiger partial charge in [-0.2, -0.15) is 13.2 Å². The van der Waals surface area contributed by atoms with Crippen LogP contribution in [0.2, 0.25) is 0 Å². The number of H-pyrrole nitrogens is 1. The lowest BCUT2D eigenvalue weighted by atomic mass is 10.2. The molecule has 1 unspecified atom stereocenters. The summed E-state index contributed by atoms with van der Waals surface area (Å²) in [5.74, 6) is 1.46. The number of aromatic amines is 1. The molecule has 1 aliphatic heterocycles. The topological polar surface area (TPSA) is 59.6 Å². The van der Waals surface area contributed by atoms with Crippen molar-refractivity contribution >= 4 is 17.0 Å². The number of halogens is 3.